The molecule has 29 heavy (non-hydrogen) atoms. The summed E-state index contributed by atoms with van der Waals surface area (Å²) < 4.78 is 5.60. The highest BCUT2D eigenvalue weighted by atomic mass is 16.5. The molecule has 0 heterocycles. The van der Waals surface area contributed by atoms with E-state index in [1.165, 1.54) is 44.9 Å². The van der Waals surface area contributed by atoms with Crippen molar-refractivity contribution in [3.8, 4) is 17.6 Å². The van der Waals surface area contributed by atoms with Gasteiger partial charge in [-0.05, 0) is 56.6 Å². The predicted molar refractivity (Wildman–Crippen MR) is 119 cm³/mol. The maximum atomic E-state index is 11.4. The van der Waals surface area contributed by atoms with E-state index >= 15 is 0 Å². The number of carbonyl (C=O) groups is 1. The van der Waals surface area contributed by atoms with Gasteiger partial charge < -0.3 is 9.84 Å². The monoisotopic (exact) mass is 396 g/mol. The average Bonchev–Trinajstić information content (AvgIpc) is 3.17. The minimum atomic E-state index is -0.910. The number of hydrogen-bond donors (Lipinski definition) is 1. The molecule has 0 aliphatic heterocycles. The molecule has 1 saturated carbocycles. The number of aliphatic carboxylic acids is 1. The molecule has 0 bridgehead atoms. The Morgan fingerprint density at radius 3 is 2.79 bits per heavy atom. The number of carboxylic acids is 1. The lowest BCUT2D eigenvalue weighted by Gasteiger charge is -2.14. The molecule has 1 aromatic rings. The first-order valence-electron chi connectivity index (χ1n) is 11.3. The smallest absolute Gasteiger partial charge is 0.344 e. The van der Waals surface area contributed by atoms with E-state index in [9.17, 15) is 9.90 Å². The molecule has 1 unspecified atom stereocenters. The summed E-state index contributed by atoms with van der Waals surface area (Å²) in [7, 11) is 0. The van der Waals surface area contributed by atoms with Gasteiger partial charge in [0.2, 0.25) is 0 Å². The summed E-state index contributed by atoms with van der Waals surface area (Å²) in [5.41, 5.74) is 0. The van der Waals surface area contributed by atoms with Gasteiger partial charge in [-0.25, -0.2) is 4.79 Å². The van der Waals surface area contributed by atoms with Crippen LogP contribution < -0.4 is 4.74 Å². The highest BCUT2D eigenvalue weighted by Crippen LogP contribution is 2.34. The lowest BCUT2D eigenvalue weighted by Crippen LogP contribution is -2.26. The van der Waals surface area contributed by atoms with Gasteiger partial charge in [0.25, 0.3) is 0 Å². The Kier molecular flexibility index (Phi) is 11.0. The topological polar surface area (TPSA) is 46.5 Å². The van der Waals surface area contributed by atoms with Crippen molar-refractivity contribution in [2.24, 2.45) is 11.8 Å². The van der Waals surface area contributed by atoms with Crippen molar-refractivity contribution in [2.75, 3.05) is 0 Å². The Balaban J connectivity index is 1.70. The Morgan fingerprint density at radius 1 is 1.21 bits per heavy atom. The number of allylic oxidation sites excluding steroid dienone is 2. The summed E-state index contributed by atoms with van der Waals surface area (Å²) in [5, 5.41) is 9.38. The molecule has 0 amide bonds. The van der Waals surface area contributed by atoms with Crippen LogP contribution in [0, 0.1) is 23.7 Å². The van der Waals surface area contributed by atoms with Crippen molar-refractivity contribution in [2.45, 2.75) is 83.7 Å². The normalized spacial score (nSPS) is 19.6. The van der Waals surface area contributed by atoms with Gasteiger partial charge in [0, 0.05) is 12.3 Å². The summed E-state index contributed by atoms with van der Waals surface area (Å²) in [6.45, 7) is 2.24. The number of benzene rings is 1. The molecule has 0 aromatic heterocycles. The highest BCUT2D eigenvalue weighted by molar-refractivity contribution is 5.72. The van der Waals surface area contributed by atoms with E-state index < -0.39 is 12.1 Å². The molecular formula is C26H36O3. The van der Waals surface area contributed by atoms with Crippen molar-refractivity contribution >= 4 is 5.97 Å². The van der Waals surface area contributed by atoms with Gasteiger partial charge in [0.05, 0.1) is 0 Å². The number of unbranched alkanes of at least 4 members (excludes halogenated alkanes) is 4. The summed E-state index contributed by atoms with van der Waals surface area (Å²) in [6.07, 6.45) is 15.7. The molecule has 1 N–H and O–H groups in total. The second-order valence-corrected chi connectivity index (χ2v) is 7.97. The fraction of sp³-hybridized carbons (Fsp3) is 0.577. The van der Waals surface area contributed by atoms with Gasteiger partial charge in [-0.2, -0.15) is 0 Å². The molecule has 1 aliphatic rings. The van der Waals surface area contributed by atoms with Gasteiger partial charge in [0.1, 0.15) is 5.75 Å². The SMILES string of the molecule is CCCCCCC#C[C@H]1CCC[C@@H]1CC=CCCC(Oc1ccccc1)C(=O)O. The van der Waals surface area contributed by atoms with Crippen LogP contribution in [0.1, 0.15) is 77.6 Å². The first-order chi connectivity index (χ1) is 14.2. The average molecular weight is 397 g/mol. The van der Waals surface area contributed by atoms with Crippen LogP contribution in [0.15, 0.2) is 42.5 Å². The largest absolute Gasteiger partial charge is 0.479 e. The zero-order chi connectivity index (χ0) is 20.7. The van der Waals surface area contributed by atoms with E-state index in [0.29, 0.717) is 30.4 Å². The number of hydrogen-bond acceptors (Lipinski definition) is 2. The third-order valence-electron chi connectivity index (χ3n) is 5.60. The van der Waals surface area contributed by atoms with E-state index in [2.05, 4.69) is 30.9 Å². The Bertz CT molecular complexity index is 668. The zero-order valence-corrected chi connectivity index (χ0v) is 17.8. The van der Waals surface area contributed by atoms with Gasteiger partial charge in [-0.15, -0.1) is 5.92 Å². The number of rotatable bonds is 12. The molecule has 1 fully saturated rings. The van der Waals surface area contributed by atoms with Crippen LogP contribution in [-0.2, 0) is 4.79 Å². The molecule has 1 aromatic carbocycles. The number of ether oxygens (including phenoxy) is 1. The quantitative estimate of drug-likeness (QED) is 0.245. The molecule has 0 saturated heterocycles. The summed E-state index contributed by atoms with van der Waals surface area (Å²) in [4.78, 5) is 11.4. The molecule has 3 atom stereocenters. The van der Waals surface area contributed by atoms with E-state index in [-0.39, 0.29) is 0 Å². The fourth-order valence-electron chi connectivity index (χ4n) is 3.89. The zero-order valence-electron chi connectivity index (χ0n) is 17.8. The van der Waals surface area contributed by atoms with E-state index in [0.717, 1.165) is 12.8 Å². The van der Waals surface area contributed by atoms with Crippen molar-refractivity contribution < 1.29 is 14.6 Å². The lowest BCUT2D eigenvalue weighted by molar-refractivity contribution is -0.145. The van der Waals surface area contributed by atoms with Crippen LogP contribution in [0.4, 0.5) is 0 Å². The van der Waals surface area contributed by atoms with Gasteiger partial charge in [-0.3, -0.25) is 0 Å². The van der Waals surface area contributed by atoms with Crippen molar-refractivity contribution in [1.82, 2.24) is 0 Å². The summed E-state index contributed by atoms with van der Waals surface area (Å²) in [6, 6.07) is 9.16. The third-order valence-corrected chi connectivity index (χ3v) is 5.60. The number of para-hydroxylation sites is 1. The van der Waals surface area contributed by atoms with E-state index in [4.69, 9.17) is 4.74 Å². The standard InChI is InChI=1S/C26H36O3/c1-2-3-4-5-6-9-15-22-17-14-18-23(22)16-10-7-13-21-25(26(27)28)29-24-19-11-8-12-20-24/h7-8,10-12,19-20,22-23,25H,2-6,13-14,16-18,21H2,1H3,(H,27,28)/t22-,23-,25?/m0/s1. The first kappa shape index (κ1) is 23.1. The Morgan fingerprint density at radius 2 is 2.03 bits per heavy atom. The minimum absolute atomic E-state index is 0.479. The Labute approximate surface area is 176 Å². The van der Waals surface area contributed by atoms with Crippen molar-refractivity contribution in [1.29, 1.82) is 0 Å². The lowest BCUT2D eigenvalue weighted by atomic mass is 9.93. The van der Waals surface area contributed by atoms with E-state index in [1.807, 2.05) is 18.2 Å². The molecule has 0 radical (unpaired) electrons. The molecule has 3 nitrogen and oxygen atoms in total. The molecule has 1 aliphatic carbocycles. The fourth-order valence-corrected chi connectivity index (χ4v) is 3.89. The van der Waals surface area contributed by atoms with Crippen molar-refractivity contribution in [3.63, 3.8) is 0 Å². The highest BCUT2D eigenvalue weighted by Gasteiger charge is 2.24. The van der Waals surface area contributed by atoms with Gasteiger partial charge in [-0.1, -0.05) is 68.9 Å². The third kappa shape index (κ3) is 9.22. The number of carboxylic acid groups (broad SMARTS) is 1. The van der Waals surface area contributed by atoms with Crippen molar-refractivity contribution in [3.05, 3.63) is 42.5 Å². The maximum absolute atomic E-state index is 11.4. The minimum Gasteiger partial charge on any atom is -0.479 e. The maximum Gasteiger partial charge on any atom is 0.344 e. The first-order valence-corrected chi connectivity index (χ1v) is 11.3. The molecule has 2 rings (SSSR count). The van der Waals surface area contributed by atoms with E-state index in [1.54, 1.807) is 12.1 Å². The molecular weight excluding hydrogens is 360 g/mol. The van der Waals surface area contributed by atoms with Crippen LogP contribution in [0.3, 0.4) is 0 Å². The summed E-state index contributed by atoms with van der Waals surface area (Å²) in [5.74, 6) is 7.83. The van der Waals surface area contributed by atoms with Crippen LogP contribution in [0.25, 0.3) is 0 Å². The van der Waals surface area contributed by atoms with Crippen LogP contribution in [0.2, 0.25) is 0 Å². The van der Waals surface area contributed by atoms with Crippen LogP contribution in [-0.4, -0.2) is 17.2 Å². The second kappa shape index (κ2) is 13.9. The second-order valence-electron chi connectivity index (χ2n) is 7.97. The van der Waals surface area contributed by atoms with Gasteiger partial charge in [0.15, 0.2) is 6.10 Å². The van der Waals surface area contributed by atoms with Crippen LogP contribution >= 0.6 is 0 Å². The molecule has 158 valence electrons. The Hall–Kier alpha value is -2.21. The molecule has 3 heteroatoms. The summed E-state index contributed by atoms with van der Waals surface area (Å²) >= 11 is 0. The predicted octanol–water partition coefficient (Wildman–Crippen LogP) is 6.64. The van der Waals surface area contributed by atoms with Crippen LogP contribution in [0.5, 0.6) is 5.75 Å². The molecule has 0 spiro atoms. The van der Waals surface area contributed by atoms with Gasteiger partial charge >= 0.3 is 5.97 Å².